The van der Waals surface area contributed by atoms with Crippen LogP contribution in [0.5, 0.6) is 0 Å². The highest BCUT2D eigenvalue weighted by molar-refractivity contribution is 5.62. The zero-order chi connectivity index (χ0) is 19.7. The third kappa shape index (κ3) is 3.02. The van der Waals surface area contributed by atoms with Crippen LogP contribution < -0.4 is 5.73 Å². The summed E-state index contributed by atoms with van der Waals surface area (Å²) in [5, 5.41) is 4.22. The van der Waals surface area contributed by atoms with Gasteiger partial charge in [0.1, 0.15) is 0 Å². The first-order chi connectivity index (χ1) is 13.5. The summed E-state index contributed by atoms with van der Waals surface area (Å²) in [6.07, 6.45) is 6.30. The number of anilines is 1. The number of nitrogens with two attached hydrogens (primary N) is 1. The minimum Gasteiger partial charge on any atom is -0.438 e. The van der Waals surface area contributed by atoms with E-state index in [1.54, 1.807) is 18.6 Å². The highest BCUT2D eigenvalue weighted by Gasteiger charge is 2.37. The number of benzene rings is 1. The quantitative estimate of drug-likeness (QED) is 0.560. The lowest BCUT2D eigenvalue weighted by atomic mass is 9.72. The molecule has 0 aliphatic rings. The lowest BCUT2D eigenvalue weighted by Crippen LogP contribution is -2.31. The Labute approximate surface area is 161 Å². The van der Waals surface area contributed by atoms with Crippen LogP contribution in [0.1, 0.15) is 32.2 Å². The molecule has 0 aliphatic heterocycles. The minimum atomic E-state index is -0.447. The zero-order valence-electron chi connectivity index (χ0n) is 15.8. The molecule has 1 unspecified atom stereocenters. The van der Waals surface area contributed by atoms with Gasteiger partial charge in [-0.15, -0.1) is 0 Å². The van der Waals surface area contributed by atoms with Crippen molar-refractivity contribution in [3.8, 4) is 22.8 Å². The first kappa shape index (κ1) is 17.8. The Bertz CT molecular complexity index is 1060. The second-order valence-corrected chi connectivity index (χ2v) is 7.05. The Morgan fingerprint density at radius 1 is 1.00 bits per heavy atom. The fourth-order valence-electron chi connectivity index (χ4n) is 3.07. The molecule has 8 nitrogen and oxygen atoms in total. The summed E-state index contributed by atoms with van der Waals surface area (Å²) >= 11 is 0. The number of nitrogen functional groups attached to an aromatic ring is 1. The van der Waals surface area contributed by atoms with Crippen LogP contribution in [-0.2, 0) is 5.41 Å². The normalized spacial score (nSPS) is 13.6. The van der Waals surface area contributed by atoms with Crippen molar-refractivity contribution in [2.45, 2.75) is 26.2 Å². The maximum absolute atomic E-state index is 5.57. The third-order valence-electron chi connectivity index (χ3n) is 5.18. The molecule has 0 amide bonds. The monoisotopic (exact) mass is 376 g/mol. The largest absolute Gasteiger partial charge is 0.438 e. The molecular weight excluding hydrogens is 356 g/mol. The van der Waals surface area contributed by atoms with Crippen molar-refractivity contribution >= 4 is 5.95 Å². The topological polar surface area (TPSA) is 117 Å². The fraction of sp³-hybridized carbons (Fsp3) is 0.250. The standard InChI is InChI=1S/C20H20N6O2/c1-12(2)20(3,18-25-17(28-26-18)16-10-22-11-27-16)15-6-4-13(5-7-15)14-8-23-19(21)24-9-14/h4-12H,1-3H3,(H2,21,23,24). The number of aromatic nitrogens is 5. The molecule has 4 aromatic rings. The highest BCUT2D eigenvalue weighted by Crippen LogP contribution is 2.38. The molecule has 0 saturated heterocycles. The van der Waals surface area contributed by atoms with Gasteiger partial charge in [-0.1, -0.05) is 43.3 Å². The zero-order valence-corrected chi connectivity index (χ0v) is 15.8. The van der Waals surface area contributed by atoms with Gasteiger partial charge in [0.05, 0.1) is 11.6 Å². The van der Waals surface area contributed by atoms with Crippen LogP contribution in [0, 0.1) is 5.92 Å². The average molecular weight is 376 g/mol. The van der Waals surface area contributed by atoms with Crippen molar-refractivity contribution in [3.05, 3.63) is 60.6 Å². The smallest absolute Gasteiger partial charge is 0.295 e. The van der Waals surface area contributed by atoms with Crippen LogP contribution >= 0.6 is 0 Å². The van der Waals surface area contributed by atoms with Crippen molar-refractivity contribution in [1.82, 2.24) is 25.1 Å². The van der Waals surface area contributed by atoms with Crippen LogP contribution in [0.4, 0.5) is 5.95 Å². The van der Waals surface area contributed by atoms with Crippen molar-refractivity contribution in [2.24, 2.45) is 5.92 Å². The van der Waals surface area contributed by atoms with E-state index in [-0.39, 0.29) is 11.9 Å². The van der Waals surface area contributed by atoms with Crippen molar-refractivity contribution in [2.75, 3.05) is 5.73 Å². The summed E-state index contributed by atoms with van der Waals surface area (Å²) in [7, 11) is 0. The molecule has 28 heavy (non-hydrogen) atoms. The Balaban J connectivity index is 1.70. The summed E-state index contributed by atoms with van der Waals surface area (Å²) in [6.45, 7) is 6.37. The van der Waals surface area contributed by atoms with Crippen LogP contribution in [0.15, 0.2) is 58.2 Å². The van der Waals surface area contributed by atoms with Crippen LogP contribution in [0.25, 0.3) is 22.8 Å². The summed E-state index contributed by atoms with van der Waals surface area (Å²) in [6, 6.07) is 8.19. The number of oxazole rings is 1. The second-order valence-electron chi connectivity index (χ2n) is 7.05. The van der Waals surface area contributed by atoms with Crippen LogP contribution in [-0.4, -0.2) is 25.1 Å². The van der Waals surface area contributed by atoms with E-state index in [1.165, 1.54) is 6.39 Å². The lowest BCUT2D eigenvalue weighted by Gasteiger charge is -2.31. The molecule has 1 aromatic carbocycles. The second kappa shape index (κ2) is 6.88. The predicted octanol–water partition coefficient (Wildman–Crippen LogP) is 3.73. The van der Waals surface area contributed by atoms with Gasteiger partial charge >= 0.3 is 0 Å². The SMILES string of the molecule is CC(C)C(C)(c1ccc(-c2cnc(N)nc2)cc1)c1noc(-c2cnco2)n1. The van der Waals surface area contributed by atoms with Gasteiger partial charge in [-0.05, 0) is 24.0 Å². The summed E-state index contributed by atoms with van der Waals surface area (Å²) in [5.41, 5.74) is 8.10. The average Bonchev–Trinajstić information content (AvgIpc) is 3.40. The van der Waals surface area contributed by atoms with Gasteiger partial charge in [0, 0.05) is 18.0 Å². The summed E-state index contributed by atoms with van der Waals surface area (Å²) < 4.78 is 10.7. The van der Waals surface area contributed by atoms with Gasteiger partial charge in [-0.3, -0.25) is 0 Å². The summed E-state index contributed by atoms with van der Waals surface area (Å²) in [5.74, 6) is 1.84. The number of hydrogen-bond acceptors (Lipinski definition) is 8. The molecule has 3 heterocycles. The van der Waals surface area contributed by atoms with Crippen LogP contribution in [0.2, 0.25) is 0 Å². The van der Waals surface area contributed by atoms with Gasteiger partial charge in [0.2, 0.25) is 11.7 Å². The van der Waals surface area contributed by atoms with E-state index in [0.29, 0.717) is 17.5 Å². The molecule has 8 heteroatoms. The van der Waals surface area contributed by atoms with Gasteiger partial charge in [-0.25, -0.2) is 15.0 Å². The first-order valence-corrected chi connectivity index (χ1v) is 8.90. The van der Waals surface area contributed by atoms with E-state index < -0.39 is 5.41 Å². The predicted molar refractivity (Wildman–Crippen MR) is 103 cm³/mol. The fourth-order valence-corrected chi connectivity index (χ4v) is 3.07. The van der Waals surface area contributed by atoms with E-state index in [4.69, 9.17) is 14.7 Å². The maximum Gasteiger partial charge on any atom is 0.295 e. The van der Waals surface area contributed by atoms with Gasteiger partial charge in [-0.2, -0.15) is 4.98 Å². The molecule has 0 radical (unpaired) electrons. The maximum atomic E-state index is 5.57. The van der Waals surface area contributed by atoms with Gasteiger partial charge in [0.15, 0.2) is 12.2 Å². The lowest BCUT2D eigenvalue weighted by molar-refractivity contribution is 0.348. The highest BCUT2D eigenvalue weighted by atomic mass is 16.5. The van der Waals surface area contributed by atoms with Crippen molar-refractivity contribution in [3.63, 3.8) is 0 Å². The number of nitrogens with zero attached hydrogens (tertiary/aromatic N) is 5. The Hall–Kier alpha value is -3.55. The molecule has 0 fully saturated rings. The van der Waals surface area contributed by atoms with E-state index in [9.17, 15) is 0 Å². The van der Waals surface area contributed by atoms with E-state index in [0.717, 1.165) is 16.7 Å². The van der Waals surface area contributed by atoms with E-state index in [1.807, 2.05) is 12.1 Å². The molecule has 4 rings (SSSR count). The first-order valence-electron chi connectivity index (χ1n) is 8.90. The van der Waals surface area contributed by atoms with Crippen LogP contribution in [0.3, 0.4) is 0 Å². The Morgan fingerprint density at radius 3 is 2.32 bits per heavy atom. The van der Waals surface area contributed by atoms with E-state index in [2.05, 4.69) is 58.0 Å². The molecule has 0 spiro atoms. The van der Waals surface area contributed by atoms with E-state index >= 15 is 0 Å². The molecule has 0 saturated carbocycles. The Kier molecular flexibility index (Phi) is 4.38. The van der Waals surface area contributed by atoms with Crippen molar-refractivity contribution in [1.29, 1.82) is 0 Å². The van der Waals surface area contributed by atoms with Gasteiger partial charge < -0.3 is 14.7 Å². The molecule has 0 bridgehead atoms. The molecule has 0 aliphatic carbocycles. The number of hydrogen-bond donors (Lipinski definition) is 1. The van der Waals surface area contributed by atoms with Crippen molar-refractivity contribution < 1.29 is 8.94 Å². The molecule has 142 valence electrons. The number of rotatable bonds is 5. The minimum absolute atomic E-state index is 0.221. The molecule has 1 atom stereocenters. The third-order valence-corrected chi connectivity index (χ3v) is 5.18. The molecular formula is C20H20N6O2. The summed E-state index contributed by atoms with van der Waals surface area (Å²) in [4.78, 5) is 16.6. The molecule has 3 aromatic heterocycles. The molecule has 2 N–H and O–H groups in total. The van der Waals surface area contributed by atoms with Gasteiger partial charge in [0.25, 0.3) is 5.89 Å². The Morgan fingerprint density at radius 2 is 1.71 bits per heavy atom.